The Morgan fingerprint density at radius 1 is 1.07 bits per heavy atom. The van der Waals surface area contributed by atoms with E-state index >= 15 is 0 Å². The third-order valence-corrected chi connectivity index (χ3v) is 3.26. The lowest BCUT2D eigenvalue weighted by atomic mass is 10.0. The van der Waals surface area contributed by atoms with Gasteiger partial charge in [-0.25, -0.2) is 0 Å². The molecule has 1 atom stereocenters. The summed E-state index contributed by atoms with van der Waals surface area (Å²) in [6.45, 7) is 8.01. The van der Waals surface area contributed by atoms with E-state index in [1.165, 1.54) is 5.56 Å². The quantitative estimate of drug-likeness (QED) is 0.713. The van der Waals surface area contributed by atoms with Gasteiger partial charge in [0.2, 0.25) is 0 Å². The Bertz CT molecular complexity index is 266. The van der Waals surface area contributed by atoms with Gasteiger partial charge in [-0.2, -0.15) is 0 Å². The Kier molecular flexibility index (Phi) is 4.83. The zero-order valence-electron chi connectivity index (χ0n) is 10.4. The fourth-order valence-electron chi connectivity index (χ4n) is 1.66. The van der Waals surface area contributed by atoms with Crippen LogP contribution in [0, 0.1) is 5.92 Å². The average Bonchev–Trinajstić information content (AvgIpc) is 2.26. The molecule has 0 bridgehead atoms. The van der Waals surface area contributed by atoms with Crippen molar-refractivity contribution in [3.8, 4) is 0 Å². The third-order valence-electron chi connectivity index (χ3n) is 3.26. The van der Waals surface area contributed by atoms with E-state index in [9.17, 15) is 0 Å². The first-order valence-corrected chi connectivity index (χ1v) is 5.85. The summed E-state index contributed by atoms with van der Waals surface area (Å²) < 4.78 is 0. The topological polar surface area (TPSA) is 3.24 Å². The van der Waals surface area contributed by atoms with Crippen molar-refractivity contribution in [2.24, 2.45) is 5.92 Å². The second-order valence-electron chi connectivity index (χ2n) is 4.70. The van der Waals surface area contributed by atoms with Crippen molar-refractivity contribution >= 4 is 0 Å². The maximum Gasteiger partial charge on any atom is 0.00870 e. The van der Waals surface area contributed by atoms with Crippen molar-refractivity contribution in [1.82, 2.24) is 4.90 Å². The lowest BCUT2D eigenvalue weighted by molar-refractivity contribution is 0.210. The molecule has 84 valence electrons. The standard InChI is InChI=1S/C14H23N/c1-12(2)13(3)15(4)11-10-14-8-6-5-7-9-14/h5-9,12-13H,10-11H2,1-4H3. The Morgan fingerprint density at radius 2 is 1.67 bits per heavy atom. The summed E-state index contributed by atoms with van der Waals surface area (Å²) in [5.74, 6) is 0.728. The summed E-state index contributed by atoms with van der Waals surface area (Å²) in [6, 6.07) is 11.4. The molecule has 1 unspecified atom stereocenters. The summed E-state index contributed by atoms with van der Waals surface area (Å²) in [5, 5.41) is 0. The molecule has 0 aliphatic carbocycles. The van der Waals surface area contributed by atoms with Gasteiger partial charge in [0.25, 0.3) is 0 Å². The summed E-state index contributed by atoms with van der Waals surface area (Å²) in [6.07, 6.45) is 1.15. The molecule has 1 aromatic carbocycles. The first-order valence-electron chi connectivity index (χ1n) is 5.85. The van der Waals surface area contributed by atoms with Gasteiger partial charge in [0.05, 0.1) is 0 Å². The van der Waals surface area contributed by atoms with E-state index < -0.39 is 0 Å². The van der Waals surface area contributed by atoms with Crippen molar-refractivity contribution in [2.75, 3.05) is 13.6 Å². The molecule has 0 saturated heterocycles. The minimum atomic E-state index is 0.661. The van der Waals surface area contributed by atoms with E-state index in [0.29, 0.717) is 6.04 Å². The first kappa shape index (κ1) is 12.3. The molecule has 1 nitrogen and oxygen atoms in total. The molecule has 0 radical (unpaired) electrons. The molecule has 1 rings (SSSR count). The maximum absolute atomic E-state index is 2.44. The lowest BCUT2D eigenvalue weighted by Gasteiger charge is -2.27. The van der Waals surface area contributed by atoms with Gasteiger partial charge >= 0.3 is 0 Å². The first-order chi connectivity index (χ1) is 7.11. The van der Waals surface area contributed by atoms with Gasteiger partial charge in [-0.1, -0.05) is 44.2 Å². The van der Waals surface area contributed by atoms with E-state index in [1.54, 1.807) is 0 Å². The molecular formula is C14H23N. The summed E-state index contributed by atoms with van der Waals surface area (Å²) in [5.41, 5.74) is 1.43. The molecule has 15 heavy (non-hydrogen) atoms. The summed E-state index contributed by atoms with van der Waals surface area (Å²) in [7, 11) is 2.22. The Morgan fingerprint density at radius 3 is 2.20 bits per heavy atom. The van der Waals surface area contributed by atoms with Crippen LogP contribution in [0.2, 0.25) is 0 Å². The predicted octanol–water partition coefficient (Wildman–Crippen LogP) is 3.21. The van der Waals surface area contributed by atoms with E-state index in [0.717, 1.165) is 18.9 Å². The van der Waals surface area contributed by atoms with Crippen molar-refractivity contribution in [2.45, 2.75) is 33.2 Å². The molecule has 0 aliphatic rings. The number of hydrogen-bond acceptors (Lipinski definition) is 1. The molecule has 0 saturated carbocycles. The van der Waals surface area contributed by atoms with E-state index in [4.69, 9.17) is 0 Å². The van der Waals surface area contributed by atoms with Gasteiger partial charge < -0.3 is 4.90 Å². The van der Waals surface area contributed by atoms with Gasteiger partial charge in [0, 0.05) is 12.6 Å². The molecule has 0 aliphatic heterocycles. The second-order valence-corrected chi connectivity index (χ2v) is 4.70. The zero-order chi connectivity index (χ0) is 11.3. The fraction of sp³-hybridized carbons (Fsp3) is 0.571. The molecule has 0 amide bonds. The third kappa shape index (κ3) is 4.05. The molecule has 1 aromatic rings. The zero-order valence-corrected chi connectivity index (χ0v) is 10.4. The summed E-state index contributed by atoms with van der Waals surface area (Å²) >= 11 is 0. The molecule has 0 N–H and O–H groups in total. The van der Waals surface area contributed by atoms with E-state index in [-0.39, 0.29) is 0 Å². The van der Waals surface area contributed by atoms with Gasteiger partial charge in [0.1, 0.15) is 0 Å². The SMILES string of the molecule is CC(C)C(C)N(C)CCc1ccccc1. The van der Waals surface area contributed by atoms with Crippen LogP contribution in [0.3, 0.4) is 0 Å². The van der Waals surface area contributed by atoms with Crippen LogP contribution in [0.5, 0.6) is 0 Å². The highest BCUT2D eigenvalue weighted by molar-refractivity contribution is 5.14. The molecule has 0 heterocycles. The van der Waals surface area contributed by atoms with Crippen LogP contribution in [0.15, 0.2) is 30.3 Å². The fourth-order valence-corrected chi connectivity index (χ4v) is 1.66. The van der Waals surface area contributed by atoms with Crippen molar-refractivity contribution < 1.29 is 0 Å². The highest BCUT2D eigenvalue weighted by atomic mass is 15.1. The lowest BCUT2D eigenvalue weighted by Crippen LogP contribution is -2.34. The van der Waals surface area contributed by atoms with Crippen LogP contribution < -0.4 is 0 Å². The highest BCUT2D eigenvalue weighted by Gasteiger charge is 2.12. The van der Waals surface area contributed by atoms with Crippen LogP contribution in [0.4, 0.5) is 0 Å². The Labute approximate surface area is 94.1 Å². The van der Waals surface area contributed by atoms with E-state index in [1.807, 2.05) is 0 Å². The minimum Gasteiger partial charge on any atom is -0.303 e. The van der Waals surface area contributed by atoms with Crippen molar-refractivity contribution in [1.29, 1.82) is 0 Å². The Balaban J connectivity index is 2.37. The largest absolute Gasteiger partial charge is 0.303 e. The smallest absolute Gasteiger partial charge is 0.00870 e. The molecule has 0 spiro atoms. The number of benzene rings is 1. The van der Waals surface area contributed by atoms with Crippen LogP contribution >= 0.6 is 0 Å². The van der Waals surface area contributed by atoms with Crippen molar-refractivity contribution in [3.63, 3.8) is 0 Å². The normalized spacial score (nSPS) is 13.5. The molecular weight excluding hydrogens is 182 g/mol. The molecule has 1 heteroatoms. The number of rotatable bonds is 5. The van der Waals surface area contributed by atoms with Gasteiger partial charge in [-0.05, 0) is 31.9 Å². The Hall–Kier alpha value is -0.820. The minimum absolute atomic E-state index is 0.661. The maximum atomic E-state index is 2.44. The van der Waals surface area contributed by atoms with Crippen LogP contribution in [-0.2, 0) is 6.42 Å². The number of nitrogens with zero attached hydrogens (tertiary/aromatic N) is 1. The number of hydrogen-bond donors (Lipinski definition) is 0. The molecule has 0 fully saturated rings. The predicted molar refractivity (Wildman–Crippen MR) is 67.1 cm³/mol. The van der Waals surface area contributed by atoms with Crippen molar-refractivity contribution in [3.05, 3.63) is 35.9 Å². The van der Waals surface area contributed by atoms with Gasteiger partial charge in [-0.15, -0.1) is 0 Å². The monoisotopic (exact) mass is 205 g/mol. The van der Waals surface area contributed by atoms with Gasteiger partial charge in [-0.3, -0.25) is 0 Å². The highest BCUT2D eigenvalue weighted by Crippen LogP contribution is 2.09. The number of likely N-dealkylation sites (N-methyl/N-ethyl adjacent to an activating group) is 1. The van der Waals surface area contributed by atoms with Crippen LogP contribution in [0.25, 0.3) is 0 Å². The molecule has 0 aromatic heterocycles. The average molecular weight is 205 g/mol. The van der Waals surface area contributed by atoms with Crippen LogP contribution in [-0.4, -0.2) is 24.5 Å². The van der Waals surface area contributed by atoms with Crippen LogP contribution in [0.1, 0.15) is 26.3 Å². The summed E-state index contributed by atoms with van der Waals surface area (Å²) in [4.78, 5) is 2.44. The van der Waals surface area contributed by atoms with Gasteiger partial charge in [0.15, 0.2) is 0 Å². The second kappa shape index (κ2) is 5.92. The van der Waals surface area contributed by atoms with E-state index in [2.05, 4.69) is 63.1 Å².